The van der Waals surface area contributed by atoms with E-state index in [0.717, 1.165) is 0 Å². The zero-order valence-corrected chi connectivity index (χ0v) is 14.2. The van der Waals surface area contributed by atoms with Gasteiger partial charge in [-0.1, -0.05) is 42.5 Å². The van der Waals surface area contributed by atoms with Crippen LogP contribution in [0.5, 0.6) is 0 Å². The molecule has 0 saturated carbocycles. The van der Waals surface area contributed by atoms with E-state index < -0.39 is 10.0 Å². The van der Waals surface area contributed by atoms with Crippen molar-refractivity contribution in [1.82, 2.24) is 19.7 Å². The number of halogens is 1. The molecule has 0 aliphatic carbocycles. The lowest BCUT2D eigenvalue weighted by molar-refractivity contribution is 0.553. The first-order valence-electron chi connectivity index (χ1n) is 6.51. The summed E-state index contributed by atoms with van der Waals surface area (Å²) in [4.78, 5) is 0. The normalized spacial score (nSPS) is 13.3. The molecule has 1 N–H and O–H groups in total. The van der Waals surface area contributed by atoms with E-state index in [1.54, 1.807) is 7.05 Å². The average molecular weight is 373 g/mol. The van der Waals surface area contributed by atoms with Crippen LogP contribution >= 0.6 is 15.9 Å². The minimum absolute atomic E-state index is 0.0369. The fourth-order valence-corrected chi connectivity index (χ4v) is 4.17. The van der Waals surface area contributed by atoms with Crippen molar-refractivity contribution in [2.24, 2.45) is 7.05 Å². The van der Waals surface area contributed by atoms with Crippen LogP contribution in [0.1, 0.15) is 24.8 Å². The van der Waals surface area contributed by atoms with Crippen molar-refractivity contribution in [2.75, 3.05) is 6.54 Å². The predicted molar refractivity (Wildman–Crippen MR) is 83.4 cm³/mol. The summed E-state index contributed by atoms with van der Waals surface area (Å²) in [5.74, 6) is 0.280. The highest BCUT2D eigenvalue weighted by atomic mass is 79.9. The molecule has 1 aromatic heterocycles. The monoisotopic (exact) mass is 372 g/mol. The van der Waals surface area contributed by atoms with Crippen molar-refractivity contribution in [3.05, 3.63) is 40.5 Å². The minimum Gasteiger partial charge on any atom is -0.235 e. The van der Waals surface area contributed by atoms with Crippen LogP contribution in [0.2, 0.25) is 0 Å². The van der Waals surface area contributed by atoms with Crippen molar-refractivity contribution in [1.29, 1.82) is 0 Å². The maximum absolute atomic E-state index is 12.2. The van der Waals surface area contributed by atoms with Gasteiger partial charge in [0.25, 0.3) is 10.0 Å². The molecule has 21 heavy (non-hydrogen) atoms. The van der Waals surface area contributed by atoms with E-state index in [2.05, 4.69) is 37.9 Å². The smallest absolute Gasteiger partial charge is 0.235 e. The Balaban J connectivity index is 1.97. The second-order valence-electron chi connectivity index (χ2n) is 4.81. The maximum atomic E-state index is 12.2. The summed E-state index contributed by atoms with van der Waals surface area (Å²) in [6, 6.07) is 10.0. The van der Waals surface area contributed by atoms with Gasteiger partial charge in [-0.05, 0) is 33.8 Å². The topological polar surface area (TPSA) is 76.9 Å². The fourth-order valence-electron chi connectivity index (χ4n) is 2.03. The van der Waals surface area contributed by atoms with Gasteiger partial charge in [-0.3, -0.25) is 0 Å². The Bertz CT molecular complexity index is 681. The Morgan fingerprint density at radius 2 is 2.00 bits per heavy atom. The van der Waals surface area contributed by atoms with Crippen LogP contribution in [0.15, 0.2) is 40.0 Å². The summed E-state index contributed by atoms with van der Waals surface area (Å²) in [5, 5.41) is 7.39. The number of hydrogen-bond donors (Lipinski definition) is 1. The Labute approximate surface area is 132 Å². The zero-order chi connectivity index (χ0) is 15.5. The summed E-state index contributed by atoms with van der Waals surface area (Å²) in [6.45, 7) is 2.43. The molecular weight excluding hydrogens is 356 g/mol. The van der Waals surface area contributed by atoms with Gasteiger partial charge >= 0.3 is 0 Å². The van der Waals surface area contributed by atoms with Gasteiger partial charge < -0.3 is 0 Å². The number of hydrogen-bond acceptors (Lipinski definition) is 4. The Morgan fingerprint density at radius 1 is 1.33 bits per heavy atom. The second-order valence-corrected chi connectivity index (χ2v) is 7.24. The molecule has 1 unspecified atom stereocenters. The molecule has 2 aromatic rings. The quantitative estimate of drug-likeness (QED) is 0.841. The Hall–Kier alpha value is -1.25. The molecule has 6 nitrogen and oxygen atoms in total. The van der Waals surface area contributed by atoms with Crippen LogP contribution < -0.4 is 4.72 Å². The third-order valence-corrected chi connectivity index (χ3v) is 5.58. The lowest BCUT2D eigenvalue weighted by atomic mass is 9.98. The van der Waals surface area contributed by atoms with Crippen molar-refractivity contribution in [2.45, 2.75) is 24.3 Å². The highest BCUT2D eigenvalue weighted by molar-refractivity contribution is 9.10. The first kappa shape index (κ1) is 16.1. The number of aromatic nitrogens is 3. The first-order valence-corrected chi connectivity index (χ1v) is 8.79. The zero-order valence-electron chi connectivity index (χ0n) is 11.8. The molecule has 0 aliphatic heterocycles. The number of sulfonamides is 1. The van der Waals surface area contributed by atoms with Crippen LogP contribution in [-0.4, -0.2) is 30.0 Å². The van der Waals surface area contributed by atoms with E-state index in [1.807, 2.05) is 30.3 Å². The van der Waals surface area contributed by atoms with E-state index in [0.29, 0.717) is 13.0 Å². The molecule has 0 aliphatic rings. The van der Waals surface area contributed by atoms with E-state index in [9.17, 15) is 8.42 Å². The molecule has 0 spiro atoms. The Kier molecular flexibility index (Phi) is 5.13. The summed E-state index contributed by atoms with van der Waals surface area (Å²) in [7, 11) is -2.07. The lowest BCUT2D eigenvalue weighted by Crippen LogP contribution is -2.27. The molecule has 0 amide bonds. The van der Waals surface area contributed by atoms with Crippen LogP contribution in [0.3, 0.4) is 0 Å². The van der Waals surface area contributed by atoms with Gasteiger partial charge in [0, 0.05) is 13.6 Å². The number of rotatable bonds is 6. The van der Waals surface area contributed by atoms with E-state index in [4.69, 9.17) is 0 Å². The molecule has 0 saturated heterocycles. The molecule has 8 heteroatoms. The van der Waals surface area contributed by atoms with Gasteiger partial charge in [0.05, 0.1) is 0 Å². The number of benzene rings is 1. The predicted octanol–water partition coefficient (Wildman–Crippen LogP) is 2.05. The fraction of sp³-hybridized carbons (Fsp3) is 0.385. The van der Waals surface area contributed by atoms with Crippen LogP contribution in [0.25, 0.3) is 0 Å². The van der Waals surface area contributed by atoms with Gasteiger partial charge in [-0.15, -0.1) is 5.10 Å². The van der Waals surface area contributed by atoms with Crippen LogP contribution in [-0.2, 0) is 17.1 Å². The highest BCUT2D eigenvalue weighted by Crippen LogP contribution is 2.20. The van der Waals surface area contributed by atoms with E-state index in [-0.39, 0.29) is 15.5 Å². The average Bonchev–Trinajstić information content (AvgIpc) is 2.79. The first-order chi connectivity index (χ1) is 9.92. The molecule has 114 valence electrons. The summed E-state index contributed by atoms with van der Waals surface area (Å²) >= 11 is 3.10. The lowest BCUT2D eigenvalue weighted by Gasteiger charge is -2.12. The summed E-state index contributed by atoms with van der Waals surface area (Å²) in [6.07, 6.45) is 0.714. The van der Waals surface area contributed by atoms with Gasteiger partial charge in [-0.25, -0.2) is 17.8 Å². The maximum Gasteiger partial charge on any atom is 0.260 e. The van der Waals surface area contributed by atoms with Crippen molar-refractivity contribution in [3.63, 3.8) is 0 Å². The van der Waals surface area contributed by atoms with Gasteiger partial charge in [0.1, 0.15) is 0 Å². The van der Waals surface area contributed by atoms with E-state index in [1.165, 1.54) is 10.2 Å². The summed E-state index contributed by atoms with van der Waals surface area (Å²) in [5.41, 5.74) is 1.19. The largest absolute Gasteiger partial charge is 0.260 e. The SMILES string of the molecule is CC(CCNS(=O)(=O)c1c(Br)nnn1C)c1ccccc1. The van der Waals surface area contributed by atoms with Crippen molar-refractivity contribution >= 4 is 26.0 Å². The molecular formula is C13H17BrN4O2S. The third-order valence-electron chi connectivity index (χ3n) is 3.23. The molecule has 2 rings (SSSR count). The van der Waals surface area contributed by atoms with Gasteiger partial charge in [-0.2, -0.15) is 0 Å². The third kappa shape index (κ3) is 3.90. The second kappa shape index (κ2) is 6.67. The van der Waals surface area contributed by atoms with Crippen LogP contribution in [0.4, 0.5) is 0 Å². The van der Waals surface area contributed by atoms with Crippen LogP contribution in [0, 0.1) is 0 Å². The minimum atomic E-state index is -3.62. The highest BCUT2D eigenvalue weighted by Gasteiger charge is 2.23. The van der Waals surface area contributed by atoms with Gasteiger partial charge in [0.2, 0.25) is 5.03 Å². The van der Waals surface area contributed by atoms with Crippen molar-refractivity contribution < 1.29 is 8.42 Å². The number of aryl methyl sites for hydroxylation is 1. The van der Waals surface area contributed by atoms with Gasteiger partial charge in [0.15, 0.2) is 4.60 Å². The standard InChI is InChI=1S/C13H17BrN4O2S/c1-10(11-6-4-3-5-7-11)8-9-15-21(19,20)13-12(14)16-17-18(13)2/h3-7,10,15H,8-9H2,1-2H3. The molecule has 0 fully saturated rings. The summed E-state index contributed by atoms with van der Waals surface area (Å²) < 4.78 is 28.5. The molecule has 1 aromatic carbocycles. The van der Waals surface area contributed by atoms with Crippen molar-refractivity contribution in [3.8, 4) is 0 Å². The number of nitrogens with one attached hydrogen (secondary N) is 1. The molecule has 1 heterocycles. The number of nitrogens with zero attached hydrogens (tertiary/aromatic N) is 3. The van der Waals surface area contributed by atoms with E-state index >= 15 is 0 Å². The molecule has 0 radical (unpaired) electrons. The molecule has 1 atom stereocenters. The molecule has 0 bridgehead atoms. The Morgan fingerprint density at radius 3 is 2.57 bits per heavy atom.